The van der Waals surface area contributed by atoms with Crippen LogP contribution in [0.5, 0.6) is 0 Å². The summed E-state index contributed by atoms with van der Waals surface area (Å²) in [6.45, 7) is 4.09. The first-order valence-corrected chi connectivity index (χ1v) is 10.5. The number of pyridine rings is 1. The summed E-state index contributed by atoms with van der Waals surface area (Å²) in [5.41, 5.74) is 3.82. The minimum Gasteiger partial charge on any atom is -0.454 e. The van der Waals surface area contributed by atoms with Crippen LogP contribution in [0.2, 0.25) is 0 Å². The Balaban J connectivity index is 1.52. The molecule has 0 aliphatic carbocycles. The van der Waals surface area contributed by atoms with Crippen LogP contribution in [0.4, 0.5) is 5.69 Å². The van der Waals surface area contributed by atoms with E-state index in [0.29, 0.717) is 41.9 Å². The van der Waals surface area contributed by atoms with Gasteiger partial charge in [0.15, 0.2) is 12.4 Å². The SMILES string of the molecule is CCc1nc2ccccc2c(C)c1C(=O)OCC(=O)c1cccc(N2CCCC2=O)c1. The first kappa shape index (κ1) is 20.7. The van der Waals surface area contributed by atoms with Gasteiger partial charge in [-0.1, -0.05) is 37.3 Å². The maximum absolute atomic E-state index is 12.9. The molecule has 1 aliphatic rings. The number of anilines is 1. The number of aryl methyl sites for hydroxylation is 2. The average Bonchev–Trinajstić information content (AvgIpc) is 3.23. The van der Waals surface area contributed by atoms with E-state index in [4.69, 9.17) is 4.74 Å². The van der Waals surface area contributed by atoms with E-state index in [9.17, 15) is 14.4 Å². The van der Waals surface area contributed by atoms with E-state index in [0.717, 1.165) is 22.9 Å². The lowest BCUT2D eigenvalue weighted by Crippen LogP contribution is -2.24. The number of rotatable bonds is 6. The zero-order valence-electron chi connectivity index (χ0n) is 17.7. The van der Waals surface area contributed by atoms with E-state index in [1.807, 2.05) is 44.2 Å². The first-order valence-electron chi connectivity index (χ1n) is 10.5. The Labute approximate surface area is 180 Å². The molecule has 2 heterocycles. The third kappa shape index (κ3) is 4.06. The number of carbonyl (C=O) groups is 3. The summed E-state index contributed by atoms with van der Waals surface area (Å²) in [6.07, 6.45) is 1.91. The van der Waals surface area contributed by atoms with Crippen LogP contribution in [0.3, 0.4) is 0 Å². The number of carbonyl (C=O) groups excluding carboxylic acids is 3. The van der Waals surface area contributed by atoms with Crippen molar-refractivity contribution < 1.29 is 19.1 Å². The minimum atomic E-state index is -0.549. The number of nitrogens with zero attached hydrogens (tertiary/aromatic N) is 2. The fourth-order valence-electron chi connectivity index (χ4n) is 4.02. The number of esters is 1. The van der Waals surface area contributed by atoms with E-state index in [-0.39, 0.29) is 18.3 Å². The third-order valence-electron chi connectivity index (χ3n) is 5.65. The summed E-state index contributed by atoms with van der Waals surface area (Å²) in [7, 11) is 0. The molecule has 0 bridgehead atoms. The molecule has 0 N–H and O–H groups in total. The summed E-state index contributed by atoms with van der Waals surface area (Å²) in [5.74, 6) is -0.805. The van der Waals surface area contributed by atoms with Crippen molar-refractivity contribution in [3.63, 3.8) is 0 Å². The largest absolute Gasteiger partial charge is 0.454 e. The standard InChI is InChI=1S/C25H24N2O4/c1-3-20-24(16(2)19-10-4-5-11-21(19)26-20)25(30)31-15-22(28)17-8-6-9-18(14-17)27-13-7-12-23(27)29/h4-6,8-11,14H,3,7,12-13,15H2,1-2H3. The van der Waals surface area contributed by atoms with E-state index in [1.165, 1.54) is 0 Å². The predicted octanol–water partition coefficient (Wildman–Crippen LogP) is 4.27. The molecule has 1 amide bonds. The van der Waals surface area contributed by atoms with Crippen LogP contribution in [-0.2, 0) is 16.0 Å². The number of ether oxygens (including phenoxy) is 1. The Morgan fingerprint density at radius 3 is 2.68 bits per heavy atom. The number of para-hydroxylation sites is 1. The molecule has 0 unspecified atom stereocenters. The zero-order valence-corrected chi connectivity index (χ0v) is 17.7. The highest BCUT2D eigenvalue weighted by Crippen LogP contribution is 2.25. The lowest BCUT2D eigenvalue weighted by atomic mass is 10.0. The van der Waals surface area contributed by atoms with Crippen LogP contribution in [0.25, 0.3) is 10.9 Å². The van der Waals surface area contributed by atoms with Crippen molar-refractivity contribution in [2.75, 3.05) is 18.1 Å². The van der Waals surface area contributed by atoms with Gasteiger partial charge in [-0.25, -0.2) is 4.79 Å². The maximum atomic E-state index is 12.9. The quantitative estimate of drug-likeness (QED) is 0.443. The lowest BCUT2D eigenvalue weighted by molar-refractivity contribution is -0.117. The molecule has 0 atom stereocenters. The summed E-state index contributed by atoms with van der Waals surface area (Å²) in [4.78, 5) is 43.8. The molecule has 2 aromatic carbocycles. The Hall–Kier alpha value is -3.54. The number of hydrogen-bond donors (Lipinski definition) is 0. The molecule has 0 spiro atoms. The zero-order chi connectivity index (χ0) is 22.0. The topological polar surface area (TPSA) is 76.6 Å². The van der Waals surface area contributed by atoms with E-state index < -0.39 is 5.97 Å². The molecule has 6 nitrogen and oxygen atoms in total. The molecule has 6 heteroatoms. The average molecular weight is 416 g/mol. The Bertz CT molecular complexity index is 1190. The second kappa shape index (κ2) is 8.68. The second-order valence-electron chi connectivity index (χ2n) is 7.63. The van der Waals surface area contributed by atoms with Crippen LogP contribution in [0, 0.1) is 6.92 Å². The molecule has 1 saturated heterocycles. The number of hydrogen-bond acceptors (Lipinski definition) is 5. The summed E-state index contributed by atoms with van der Waals surface area (Å²) in [5, 5.41) is 0.890. The van der Waals surface area contributed by atoms with Crippen molar-refractivity contribution >= 4 is 34.3 Å². The molecule has 31 heavy (non-hydrogen) atoms. The molecule has 158 valence electrons. The van der Waals surface area contributed by atoms with Gasteiger partial charge in [-0.15, -0.1) is 0 Å². The monoisotopic (exact) mass is 416 g/mol. The number of ketones is 1. The number of amides is 1. The first-order chi connectivity index (χ1) is 15.0. The van der Waals surface area contributed by atoms with Crippen molar-refractivity contribution in [2.45, 2.75) is 33.1 Å². The van der Waals surface area contributed by atoms with Gasteiger partial charge in [0.1, 0.15) is 0 Å². The molecule has 0 radical (unpaired) electrons. The Morgan fingerprint density at radius 2 is 1.94 bits per heavy atom. The minimum absolute atomic E-state index is 0.0578. The van der Waals surface area contributed by atoms with Gasteiger partial charge >= 0.3 is 5.97 Å². The highest BCUT2D eigenvalue weighted by Gasteiger charge is 2.23. The Kier molecular flexibility index (Phi) is 5.80. The van der Waals surface area contributed by atoms with Crippen molar-refractivity contribution in [2.24, 2.45) is 0 Å². The van der Waals surface area contributed by atoms with Gasteiger partial charge < -0.3 is 9.64 Å². The van der Waals surface area contributed by atoms with E-state index >= 15 is 0 Å². The molecule has 1 aliphatic heterocycles. The summed E-state index contributed by atoms with van der Waals surface area (Å²) in [6, 6.07) is 14.5. The van der Waals surface area contributed by atoms with Crippen molar-refractivity contribution in [3.8, 4) is 0 Å². The number of benzene rings is 2. The molecular formula is C25H24N2O4. The van der Waals surface area contributed by atoms with Gasteiger partial charge in [0, 0.05) is 29.6 Å². The molecule has 3 aromatic rings. The Morgan fingerprint density at radius 1 is 1.13 bits per heavy atom. The fourth-order valence-corrected chi connectivity index (χ4v) is 4.02. The van der Waals surface area contributed by atoms with Gasteiger partial charge in [-0.3, -0.25) is 14.6 Å². The molecule has 4 rings (SSSR count). The lowest BCUT2D eigenvalue weighted by Gasteiger charge is -2.16. The highest BCUT2D eigenvalue weighted by molar-refractivity contribution is 6.03. The van der Waals surface area contributed by atoms with Crippen molar-refractivity contribution in [3.05, 3.63) is 70.9 Å². The molecule has 0 saturated carbocycles. The second-order valence-corrected chi connectivity index (χ2v) is 7.63. The molecule has 1 fully saturated rings. The fraction of sp³-hybridized carbons (Fsp3) is 0.280. The van der Waals surface area contributed by atoms with Gasteiger partial charge in [-0.2, -0.15) is 0 Å². The van der Waals surface area contributed by atoms with Gasteiger partial charge in [-0.05, 0) is 43.5 Å². The van der Waals surface area contributed by atoms with Crippen LogP contribution < -0.4 is 4.90 Å². The molecule has 1 aromatic heterocycles. The van der Waals surface area contributed by atoms with Gasteiger partial charge in [0.25, 0.3) is 0 Å². The van der Waals surface area contributed by atoms with E-state index in [2.05, 4.69) is 4.98 Å². The van der Waals surface area contributed by atoms with Crippen molar-refractivity contribution in [1.29, 1.82) is 0 Å². The third-order valence-corrected chi connectivity index (χ3v) is 5.65. The van der Waals surface area contributed by atoms with Crippen molar-refractivity contribution in [1.82, 2.24) is 4.98 Å². The molecular weight excluding hydrogens is 392 g/mol. The van der Waals surface area contributed by atoms with Crippen LogP contribution in [0.1, 0.15) is 51.7 Å². The summed E-state index contributed by atoms with van der Waals surface area (Å²) >= 11 is 0. The maximum Gasteiger partial charge on any atom is 0.340 e. The van der Waals surface area contributed by atoms with E-state index in [1.54, 1.807) is 23.1 Å². The predicted molar refractivity (Wildman–Crippen MR) is 119 cm³/mol. The van der Waals surface area contributed by atoms with Crippen LogP contribution in [0.15, 0.2) is 48.5 Å². The van der Waals surface area contributed by atoms with Gasteiger partial charge in [0.2, 0.25) is 5.91 Å². The summed E-state index contributed by atoms with van der Waals surface area (Å²) < 4.78 is 5.39. The normalized spacial score (nSPS) is 13.6. The smallest absolute Gasteiger partial charge is 0.340 e. The number of Topliss-reactive ketones (excluding diaryl/α,β-unsaturated/α-hetero) is 1. The van der Waals surface area contributed by atoms with Crippen LogP contribution >= 0.6 is 0 Å². The van der Waals surface area contributed by atoms with Gasteiger partial charge in [0.05, 0.1) is 16.8 Å². The number of fused-ring (bicyclic) bond motifs is 1. The number of aromatic nitrogens is 1. The highest BCUT2D eigenvalue weighted by atomic mass is 16.5. The van der Waals surface area contributed by atoms with Crippen LogP contribution in [-0.4, -0.2) is 35.8 Å².